The molecule has 0 aliphatic rings. The van der Waals surface area contributed by atoms with Crippen molar-refractivity contribution in [1.29, 1.82) is 0 Å². The van der Waals surface area contributed by atoms with Crippen molar-refractivity contribution in [1.82, 2.24) is 4.57 Å². The minimum Gasteiger partial charge on any atom is -0.378 e. The van der Waals surface area contributed by atoms with Gasteiger partial charge < -0.3 is 20.1 Å². The molecule has 2 N–H and O–H groups in total. The number of hydrogen-bond acceptors (Lipinski definition) is 4. The van der Waals surface area contributed by atoms with Crippen LogP contribution in [0.4, 0.5) is 17.1 Å². The van der Waals surface area contributed by atoms with E-state index in [1.54, 1.807) is 25.3 Å². The summed E-state index contributed by atoms with van der Waals surface area (Å²) in [7, 11) is 3.89. The third kappa shape index (κ3) is 3.61. The zero-order valence-electron chi connectivity index (χ0n) is 15.7. The third-order valence-corrected chi connectivity index (χ3v) is 4.47. The van der Waals surface area contributed by atoms with E-state index in [4.69, 9.17) is 0 Å². The number of hydrogen-bond donors (Lipinski definition) is 2. The number of aromatic nitrogens is 1. The number of rotatable bonds is 7. The molecule has 0 saturated carbocycles. The van der Waals surface area contributed by atoms with Gasteiger partial charge in [-0.15, -0.1) is 0 Å². The van der Waals surface area contributed by atoms with Crippen LogP contribution in [0.2, 0.25) is 0 Å². The molecule has 0 aliphatic carbocycles. The highest BCUT2D eigenvalue weighted by Gasteiger charge is 2.24. The molecule has 1 aromatic heterocycles. The highest BCUT2D eigenvalue weighted by molar-refractivity contribution is 5.95. The molecule has 0 spiro atoms. The average molecular weight is 356 g/mol. The van der Waals surface area contributed by atoms with Gasteiger partial charge in [-0.25, -0.2) is 0 Å². The fourth-order valence-electron chi connectivity index (χ4n) is 3.00. The fraction of sp³-hybridized carbons (Fsp3) is 0.316. The molecule has 1 unspecified atom stereocenters. The van der Waals surface area contributed by atoms with Crippen LogP contribution < -0.4 is 15.5 Å². The third-order valence-electron chi connectivity index (χ3n) is 4.47. The van der Waals surface area contributed by atoms with Gasteiger partial charge in [-0.05, 0) is 45.0 Å². The molecule has 1 aromatic carbocycles. The van der Waals surface area contributed by atoms with Crippen molar-refractivity contribution in [2.45, 2.75) is 26.8 Å². The Kier molecular flexibility index (Phi) is 5.82. The first kappa shape index (κ1) is 19.2. The van der Waals surface area contributed by atoms with Crippen LogP contribution in [0.1, 0.15) is 34.7 Å². The molecule has 0 radical (unpaired) electrons. The van der Waals surface area contributed by atoms with Gasteiger partial charge in [-0.2, -0.15) is 0 Å². The van der Waals surface area contributed by atoms with Gasteiger partial charge in [0.15, 0.2) is 6.29 Å². The summed E-state index contributed by atoms with van der Waals surface area (Å²) >= 11 is 0. The molecular weight excluding hydrogens is 332 g/mol. The van der Waals surface area contributed by atoms with Crippen molar-refractivity contribution in [2.24, 2.45) is 0 Å². The summed E-state index contributed by atoms with van der Waals surface area (Å²) < 4.78 is 1.64. The molecule has 2 amide bonds. The first-order valence-corrected chi connectivity index (χ1v) is 8.26. The zero-order valence-corrected chi connectivity index (χ0v) is 15.7. The molecular formula is C19H24N4O3. The molecule has 26 heavy (non-hydrogen) atoms. The second-order valence-electron chi connectivity index (χ2n) is 6.33. The van der Waals surface area contributed by atoms with Crippen LogP contribution in [0.5, 0.6) is 0 Å². The van der Waals surface area contributed by atoms with Gasteiger partial charge in [-0.3, -0.25) is 14.4 Å². The number of benzene rings is 1. The molecule has 0 saturated heterocycles. The van der Waals surface area contributed by atoms with E-state index in [1.807, 2.05) is 43.3 Å². The molecule has 1 heterocycles. The lowest BCUT2D eigenvalue weighted by atomic mass is 10.2. The number of amides is 2. The number of carbonyl (C=O) groups excluding carboxylic acids is 3. The fourth-order valence-corrected chi connectivity index (χ4v) is 3.00. The molecule has 0 aliphatic heterocycles. The van der Waals surface area contributed by atoms with E-state index in [-0.39, 0.29) is 5.91 Å². The molecule has 2 aromatic rings. The zero-order chi connectivity index (χ0) is 19.4. The lowest BCUT2D eigenvalue weighted by molar-refractivity contribution is -0.118. The van der Waals surface area contributed by atoms with E-state index in [9.17, 15) is 14.4 Å². The Morgan fingerprint density at radius 2 is 1.77 bits per heavy atom. The maximum absolute atomic E-state index is 12.7. The van der Waals surface area contributed by atoms with Gasteiger partial charge in [0, 0.05) is 36.7 Å². The Bertz CT molecular complexity index is 822. The highest BCUT2D eigenvalue weighted by atomic mass is 16.2. The van der Waals surface area contributed by atoms with Crippen LogP contribution in [-0.2, 0) is 9.59 Å². The van der Waals surface area contributed by atoms with Crippen molar-refractivity contribution in [3.05, 3.63) is 41.2 Å². The minimum absolute atomic E-state index is 0.249. The molecule has 0 bridgehead atoms. The lowest BCUT2D eigenvalue weighted by Gasteiger charge is -2.18. The normalized spacial score (nSPS) is 11.6. The molecule has 7 nitrogen and oxygen atoms in total. The smallest absolute Gasteiger partial charge is 0.247 e. The highest BCUT2D eigenvalue weighted by Crippen LogP contribution is 2.29. The van der Waals surface area contributed by atoms with Crippen LogP contribution in [-0.4, -0.2) is 37.3 Å². The Morgan fingerprint density at radius 1 is 1.15 bits per heavy atom. The molecule has 0 fully saturated rings. The maximum atomic E-state index is 12.7. The summed E-state index contributed by atoms with van der Waals surface area (Å²) in [6, 6.07) is 6.86. The van der Waals surface area contributed by atoms with Crippen LogP contribution in [0, 0.1) is 13.8 Å². The summed E-state index contributed by atoms with van der Waals surface area (Å²) in [4.78, 5) is 37.0. The second kappa shape index (κ2) is 7.86. The topological polar surface area (TPSA) is 83.4 Å². The second-order valence-corrected chi connectivity index (χ2v) is 6.33. The van der Waals surface area contributed by atoms with E-state index in [0.29, 0.717) is 41.0 Å². The van der Waals surface area contributed by atoms with Gasteiger partial charge in [-0.1, -0.05) is 0 Å². The molecule has 1 atom stereocenters. The lowest BCUT2D eigenvalue weighted by Crippen LogP contribution is -2.25. The number of nitrogens with zero attached hydrogens (tertiary/aromatic N) is 2. The van der Waals surface area contributed by atoms with Crippen molar-refractivity contribution in [3.8, 4) is 0 Å². The monoisotopic (exact) mass is 356 g/mol. The van der Waals surface area contributed by atoms with Gasteiger partial charge in [0.25, 0.3) is 0 Å². The van der Waals surface area contributed by atoms with Crippen LogP contribution in [0.25, 0.3) is 0 Å². The largest absolute Gasteiger partial charge is 0.378 e. The van der Waals surface area contributed by atoms with Crippen molar-refractivity contribution in [3.63, 3.8) is 0 Å². The predicted molar refractivity (Wildman–Crippen MR) is 103 cm³/mol. The quantitative estimate of drug-likeness (QED) is 0.747. The van der Waals surface area contributed by atoms with Crippen molar-refractivity contribution in [2.75, 3.05) is 29.6 Å². The first-order chi connectivity index (χ1) is 12.3. The Balaban J connectivity index is 2.29. The van der Waals surface area contributed by atoms with E-state index in [0.717, 1.165) is 5.69 Å². The standard InChI is InChI=1S/C19H24N4O3/c1-12-17(10-24)23(13(2)18(12)20-11-25)14(3)19(26)21-15-6-8-16(9-7-15)22(4)5/h6-11,14H,1-5H3,(H,20,25)(H,21,26). The van der Waals surface area contributed by atoms with Crippen molar-refractivity contribution < 1.29 is 14.4 Å². The van der Waals surface area contributed by atoms with Gasteiger partial charge in [0.05, 0.1) is 11.4 Å². The summed E-state index contributed by atoms with van der Waals surface area (Å²) in [5.74, 6) is -0.249. The van der Waals surface area contributed by atoms with E-state index >= 15 is 0 Å². The van der Waals surface area contributed by atoms with Crippen LogP contribution >= 0.6 is 0 Å². The van der Waals surface area contributed by atoms with Gasteiger partial charge in [0.2, 0.25) is 12.3 Å². The Labute approximate surface area is 153 Å². The van der Waals surface area contributed by atoms with E-state index < -0.39 is 6.04 Å². The molecule has 138 valence electrons. The van der Waals surface area contributed by atoms with Crippen LogP contribution in [0.15, 0.2) is 24.3 Å². The first-order valence-electron chi connectivity index (χ1n) is 8.26. The average Bonchev–Trinajstić information content (AvgIpc) is 2.85. The number of anilines is 3. The molecule has 2 rings (SSSR count). The van der Waals surface area contributed by atoms with Crippen molar-refractivity contribution >= 4 is 35.7 Å². The SMILES string of the molecule is Cc1c(NC=O)c(C)n(C(C)C(=O)Nc2ccc(N(C)C)cc2)c1C=O. The summed E-state index contributed by atoms with van der Waals surface area (Å²) in [6.45, 7) is 5.22. The van der Waals surface area contributed by atoms with E-state index in [2.05, 4.69) is 10.6 Å². The van der Waals surface area contributed by atoms with Gasteiger partial charge >= 0.3 is 0 Å². The van der Waals surface area contributed by atoms with E-state index in [1.165, 1.54) is 0 Å². The minimum atomic E-state index is -0.621. The summed E-state index contributed by atoms with van der Waals surface area (Å²) in [5, 5.41) is 5.46. The Hall–Kier alpha value is -3.09. The summed E-state index contributed by atoms with van der Waals surface area (Å²) in [6.07, 6.45) is 1.26. The van der Waals surface area contributed by atoms with Crippen LogP contribution in [0.3, 0.4) is 0 Å². The Morgan fingerprint density at radius 3 is 2.27 bits per heavy atom. The van der Waals surface area contributed by atoms with Gasteiger partial charge in [0.1, 0.15) is 6.04 Å². The number of aldehydes is 1. The maximum Gasteiger partial charge on any atom is 0.247 e. The number of carbonyl (C=O) groups is 3. The number of nitrogens with one attached hydrogen (secondary N) is 2. The summed E-state index contributed by atoms with van der Waals surface area (Å²) in [5.41, 5.74) is 3.92. The predicted octanol–water partition coefficient (Wildman–Crippen LogP) is 2.75. The molecule has 7 heteroatoms.